The van der Waals surface area contributed by atoms with Gasteiger partial charge < -0.3 is 0 Å². The normalized spacial score (nSPS) is 43.8. The molecule has 2 heterocycles. The predicted octanol–water partition coefficient (Wildman–Crippen LogP) is 2.27. The van der Waals surface area contributed by atoms with Crippen LogP contribution in [0.4, 0.5) is 0 Å². The fourth-order valence-corrected chi connectivity index (χ4v) is 2.25. The van der Waals surface area contributed by atoms with E-state index in [1.807, 2.05) is 13.8 Å². The maximum Gasteiger partial charge on any atom is 0.0130 e. The molecule has 10 heavy (non-hydrogen) atoms. The second-order valence-corrected chi connectivity index (χ2v) is 3.27. The molecule has 0 amide bonds. The molecular formula is C9H19N. The van der Waals surface area contributed by atoms with Gasteiger partial charge in [-0.15, -0.1) is 0 Å². The molecule has 0 aliphatic carbocycles. The summed E-state index contributed by atoms with van der Waals surface area (Å²) >= 11 is 0. The smallest absolute Gasteiger partial charge is 0.0130 e. The molecule has 0 bridgehead atoms. The molecule has 2 unspecified atom stereocenters. The number of hydrogen-bond acceptors (Lipinski definition) is 1. The largest absolute Gasteiger partial charge is 0.295 e. The Morgan fingerprint density at radius 1 is 1.00 bits per heavy atom. The minimum atomic E-state index is 0.906. The van der Waals surface area contributed by atoms with Crippen LogP contribution in [0.1, 0.15) is 40.5 Å². The first-order valence-electron chi connectivity index (χ1n) is 4.56. The van der Waals surface area contributed by atoms with Gasteiger partial charge in [0.1, 0.15) is 0 Å². The molecule has 2 rings (SSSR count). The van der Waals surface area contributed by atoms with Crippen LogP contribution in [0.2, 0.25) is 0 Å². The van der Waals surface area contributed by atoms with Gasteiger partial charge in [0.05, 0.1) is 0 Å². The zero-order chi connectivity index (χ0) is 7.72. The lowest BCUT2D eigenvalue weighted by Crippen LogP contribution is -2.67. The molecule has 0 aromatic carbocycles. The Kier molecular flexibility index (Phi) is 2.35. The molecule has 0 aromatic rings. The summed E-state index contributed by atoms with van der Waals surface area (Å²) in [6.45, 7) is 8.65. The van der Waals surface area contributed by atoms with Crippen LogP contribution in [-0.4, -0.2) is 23.0 Å². The van der Waals surface area contributed by atoms with Crippen LogP contribution in [0.25, 0.3) is 0 Å². The summed E-state index contributed by atoms with van der Waals surface area (Å²) in [6, 6.07) is 2.81. The first kappa shape index (κ1) is 8.06. The van der Waals surface area contributed by atoms with Crippen LogP contribution in [0, 0.1) is 0 Å². The summed E-state index contributed by atoms with van der Waals surface area (Å²) in [6.07, 6.45) is 2.93. The number of piperidine rings is 1. The predicted molar refractivity (Wildman–Crippen MR) is 45.1 cm³/mol. The highest BCUT2D eigenvalue weighted by Gasteiger charge is 2.46. The van der Waals surface area contributed by atoms with Crippen molar-refractivity contribution < 1.29 is 0 Å². The molecule has 2 fully saturated rings. The average molecular weight is 141 g/mol. The molecule has 2 saturated heterocycles. The van der Waals surface area contributed by atoms with Crippen molar-refractivity contribution in [2.24, 2.45) is 0 Å². The molecule has 1 heteroatoms. The number of nitrogens with zero attached hydrogens (tertiary/aromatic N) is 1. The third kappa shape index (κ3) is 0.968. The number of fused-ring (bicyclic) bond motifs is 1. The van der Waals surface area contributed by atoms with Gasteiger partial charge >= 0.3 is 0 Å². The van der Waals surface area contributed by atoms with E-state index in [4.69, 9.17) is 0 Å². The summed E-state index contributed by atoms with van der Waals surface area (Å²) in [5, 5.41) is 0. The van der Waals surface area contributed by atoms with Gasteiger partial charge in [0.2, 0.25) is 0 Å². The lowest BCUT2D eigenvalue weighted by atomic mass is 9.78. The molecule has 2 aliphatic heterocycles. The van der Waals surface area contributed by atoms with Crippen LogP contribution >= 0.6 is 0 Å². The summed E-state index contributed by atoms with van der Waals surface area (Å²) in [7, 11) is 0. The Morgan fingerprint density at radius 2 is 1.40 bits per heavy atom. The van der Waals surface area contributed by atoms with E-state index in [2.05, 4.69) is 18.7 Å². The third-order valence-electron chi connectivity index (χ3n) is 2.67. The number of rotatable bonds is 0. The van der Waals surface area contributed by atoms with Crippen molar-refractivity contribution in [3.05, 3.63) is 0 Å². The summed E-state index contributed by atoms with van der Waals surface area (Å²) < 4.78 is 0. The van der Waals surface area contributed by atoms with Gasteiger partial charge in [0.15, 0.2) is 0 Å². The Balaban J connectivity index is 0.000000231. The fourth-order valence-electron chi connectivity index (χ4n) is 2.25. The molecule has 0 spiro atoms. The Morgan fingerprint density at radius 3 is 1.50 bits per heavy atom. The van der Waals surface area contributed by atoms with Crippen LogP contribution in [-0.2, 0) is 0 Å². The van der Waals surface area contributed by atoms with Crippen molar-refractivity contribution in [3.8, 4) is 0 Å². The monoisotopic (exact) mass is 141 g/mol. The summed E-state index contributed by atoms with van der Waals surface area (Å²) in [4.78, 5) is 2.61. The number of hydrogen-bond donors (Lipinski definition) is 0. The van der Waals surface area contributed by atoms with E-state index < -0.39 is 0 Å². The molecule has 0 aromatic heterocycles. The lowest BCUT2D eigenvalue weighted by Gasteiger charge is -2.60. The molecule has 0 saturated carbocycles. The quantitative estimate of drug-likeness (QED) is 0.500. The zero-order valence-corrected chi connectivity index (χ0v) is 7.59. The average Bonchev–Trinajstić information content (AvgIpc) is 1.89. The molecule has 2 aliphatic rings. The van der Waals surface area contributed by atoms with E-state index in [1.54, 1.807) is 0 Å². The van der Waals surface area contributed by atoms with Crippen molar-refractivity contribution in [1.82, 2.24) is 4.90 Å². The van der Waals surface area contributed by atoms with Gasteiger partial charge in [-0.05, 0) is 26.7 Å². The van der Waals surface area contributed by atoms with Gasteiger partial charge in [-0.1, -0.05) is 13.8 Å². The van der Waals surface area contributed by atoms with Crippen LogP contribution in [0.15, 0.2) is 0 Å². The van der Waals surface area contributed by atoms with Gasteiger partial charge in [0, 0.05) is 18.1 Å². The van der Waals surface area contributed by atoms with Gasteiger partial charge in [-0.25, -0.2) is 0 Å². The van der Waals surface area contributed by atoms with E-state index >= 15 is 0 Å². The highest BCUT2D eigenvalue weighted by atomic mass is 15.3. The Hall–Kier alpha value is -0.0400. The molecule has 2 atom stereocenters. The fraction of sp³-hybridized carbons (Fsp3) is 1.00. The molecular weight excluding hydrogens is 122 g/mol. The Bertz CT molecular complexity index is 92.5. The van der Waals surface area contributed by atoms with E-state index in [0.29, 0.717) is 0 Å². The minimum absolute atomic E-state index is 0.906. The highest BCUT2D eigenvalue weighted by molar-refractivity contribution is 5.02. The molecule has 0 radical (unpaired) electrons. The van der Waals surface area contributed by atoms with Crippen molar-refractivity contribution >= 4 is 0 Å². The van der Waals surface area contributed by atoms with Crippen molar-refractivity contribution in [3.63, 3.8) is 0 Å². The summed E-state index contributed by atoms with van der Waals surface area (Å²) in [5.41, 5.74) is 0. The molecule has 1 nitrogen and oxygen atoms in total. The standard InChI is InChI=1S/C7H13N.C2H6/c1-5-3-7-4-6(2)8(5)7;1-2/h5-7H,3-4H2,1-2H3;1-2H3. The second-order valence-electron chi connectivity index (χ2n) is 3.27. The lowest BCUT2D eigenvalue weighted by molar-refractivity contribution is -0.103. The first-order valence-corrected chi connectivity index (χ1v) is 4.56. The van der Waals surface area contributed by atoms with Crippen LogP contribution in [0.5, 0.6) is 0 Å². The van der Waals surface area contributed by atoms with Gasteiger partial charge in [-0.3, -0.25) is 4.90 Å². The Labute approximate surface area is 64.4 Å². The minimum Gasteiger partial charge on any atom is -0.295 e. The van der Waals surface area contributed by atoms with Crippen LogP contribution in [0.3, 0.4) is 0 Å². The van der Waals surface area contributed by atoms with Gasteiger partial charge in [0.25, 0.3) is 0 Å². The van der Waals surface area contributed by atoms with Crippen molar-refractivity contribution in [2.45, 2.75) is 58.7 Å². The first-order chi connectivity index (χ1) is 4.79. The van der Waals surface area contributed by atoms with Crippen molar-refractivity contribution in [2.75, 3.05) is 0 Å². The summed E-state index contributed by atoms with van der Waals surface area (Å²) in [5.74, 6) is 0. The van der Waals surface area contributed by atoms with Crippen molar-refractivity contribution in [1.29, 1.82) is 0 Å². The third-order valence-corrected chi connectivity index (χ3v) is 2.67. The van der Waals surface area contributed by atoms with E-state index in [-0.39, 0.29) is 0 Å². The topological polar surface area (TPSA) is 3.24 Å². The second kappa shape index (κ2) is 2.91. The van der Waals surface area contributed by atoms with Gasteiger partial charge in [-0.2, -0.15) is 0 Å². The maximum atomic E-state index is 2.61. The highest BCUT2D eigenvalue weighted by Crippen LogP contribution is 2.40. The van der Waals surface area contributed by atoms with Crippen LogP contribution < -0.4 is 0 Å². The zero-order valence-electron chi connectivity index (χ0n) is 7.59. The van der Waals surface area contributed by atoms with E-state index in [9.17, 15) is 0 Å². The SMILES string of the molecule is CC.CC1CC2CC(C)N12. The van der Waals surface area contributed by atoms with E-state index in [0.717, 1.165) is 18.1 Å². The maximum absolute atomic E-state index is 2.61. The van der Waals surface area contributed by atoms with E-state index in [1.165, 1.54) is 12.8 Å². The molecule has 0 N–H and O–H groups in total. The molecule has 60 valence electrons.